The molecule has 0 aliphatic carbocycles. The zero-order chi connectivity index (χ0) is 22.1. The summed E-state index contributed by atoms with van der Waals surface area (Å²) in [5.74, 6) is -0.0571. The number of hydrogen-bond donors (Lipinski definition) is 1. The van der Waals surface area contributed by atoms with Crippen molar-refractivity contribution in [3.8, 4) is 0 Å². The largest absolute Gasteiger partial charge is 0.361 e. The highest BCUT2D eigenvalue weighted by Crippen LogP contribution is 2.39. The van der Waals surface area contributed by atoms with Crippen LogP contribution in [0.3, 0.4) is 0 Å². The summed E-state index contributed by atoms with van der Waals surface area (Å²) in [5, 5.41) is 2.92. The van der Waals surface area contributed by atoms with Gasteiger partial charge in [-0.2, -0.15) is 0 Å². The van der Waals surface area contributed by atoms with Crippen LogP contribution in [0, 0.1) is 0 Å². The lowest BCUT2D eigenvalue weighted by Crippen LogP contribution is -2.49. The van der Waals surface area contributed by atoms with E-state index in [4.69, 9.17) is 0 Å². The maximum atomic E-state index is 13.5. The van der Waals surface area contributed by atoms with Gasteiger partial charge in [0.15, 0.2) is 0 Å². The van der Waals surface area contributed by atoms with Crippen molar-refractivity contribution < 1.29 is 9.59 Å². The van der Waals surface area contributed by atoms with Gasteiger partial charge < -0.3 is 15.1 Å². The summed E-state index contributed by atoms with van der Waals surface area (Å²) in [4.78, 5) is 30.0. The highest BCUT2D eigenvalue weighted by Gasteiger charge is 2.34. The number of hydrogen-bond acceptors (Lipinski definition) is 3. The maximum absolute atomic E-state index is 13.5. The molecule has 0 radical (unpaired) electrons. The van der Waals surface area contributed by atoms with Gasteiger partial charge in [0.25, 0.3) is 0 Å². The molecule has 0 saturated carbocycles. The molecule has 2 aliphatic heterocycles. The zero-order valence-corrected chi connectivity index (χ0v) is 18.2. The van der Waals surface area contributed by atoms with Crippen LogP contribution in [0.1, 0.15) is 36.8 Å². The third-order valence-electron chi connectivity index (χ3n) is 6.49. The van der Waals surface area contributed by atoms with Crippen LogP contribution < -0.4 is 15.1 Å². The fourth-order valence-electron chi connectivity index (χ4n) is 4.90. The van der Waals surface area contributed by atoms with Crippen molar-refractivity contribution >= 4 is 28.9 Å². The van der Waals surface area contributed by atoms with Crippen LogP contribution in [0.4, 0.5) is 17.1 Å². The molecule has 2 amide bonds. The van der Waals surface area contributed by atoms with Gasteiger partial charge in [0.1, 0.15) is 0 Å². The van der Waals surface area contributed by atoms with Crippen molar-refractivity contribution in [2.45, 2.75) is 38.3 Å². The molecule has 162 valence electrons. The maximum Gasteiger partial charge on any atom is 0.227 e. The molecular weight excluding hydrogens is 398 g/mol. The Morgan fingerprint density at radius 1 is 0.938 bits per heavy atom. The fraction of sp³-hybridized carbons (Fsp3) is 0.259. The fourth-order valence-corrected chi connectivity index (χ4v) is 4.90. The van der Waals surface area contributed by atoms with E-state index in [0.29, 0.717) is 19.4 Å². The number of carbonyl (C=O) groups excluding carboxylic acids is 2. The molecule has 2 atom stereocenters. The first-order valence-electron chi connectivity index (χ1n) is 11.2. The topological polar surface area (TPSA) is 52.7 Å². The Labute approximate surface area is 188 Å². The summed E-state index contributed by atoms with van der Waals surface area (Å²) in [6, 6.07) is 26.5. The Morgan fingerprint density at radius 3 is 2.44 bits per heavy atom. The van der Waals surface area contributed by atoms with Crippen LogP contribution in [0.5, 0.6) is 0 Å². The molecule has 2 aliphatic rings. The average molecular weight is 426 g/mol. The minimum atomic E-state index is -0.0998. The number of nitrogens with zero attached hydrogens (tertiary/aromatic N) is 2. The van der Waals surface area contributed by atoms with E-state index in [9.17, 15) is 9.59 Å². The van der Waals surface area contributed by atoms with Gasteiger partial charge in [0, 0.05) is 43.6 Å². The first kappa shape index (κ1) is 20.3. The Bertz CT molecular complexity index is 1140. The number of anilines is 3. The lowest BCUT2D eigenvalue weighted by Gasteiger charge is -2.43. The molecule has 3 aromatic carbocycles. The second-order valence-corrected chi connectivity index (χ2v) is 8.70. The van der Waals surface area contributed by atoms with Gasteiger partial charge >= 0.3 is 0 Å². The summed E-state index contributed by atoms with van der Waals surface area (Å²) in [7, 11) is 0. The first-order valence-corrected chi connectivity index (χ1v) is 11.2. The van der Waals surface area contributed by atoms with Crippen LogP contribution in [-0.4, -0.2) is 24.4 Å². The number of nitrogens with one attached hydrogen (secondary N) is 1. The molecule has 5 rings (SSSR count). The molecule has 0 aromatic heterocycles. The summed E-state index contributed by atoms with van der Waals surface area (Å²) in [5.41, 5.74) is 5.14. The lowest BCUT2D eigenvalue weighted by atomic mass is 9.87. The van der Waals surface area contributed by atoms with Crippen LogP contribution in [0.25, 0.3) is 0 Å². The van der Waals surface area contributed by atoms with E-state index in [1.54, 1.807) is 0 Å². The van der Waals surface area contributed by atoms with E-state index in [-0.39, 0.29) is 23.8 Å². The van der Waals surface area contributed by atoms with Crippen molar-refractivity contribution in [1.29, 1.82) is 0 Å². The van der Waals surface area contributed by atoms with Gasteiger partial charge in [-0.3, -0.25) is 9.59 Å². The van der Waals surface area contributed by atoms with Gasteiger partial charge in [-0.05, 0) is 36.2 Å². The van der Waals surface area contributed by atoms with Gasteiger partial charge in [0.2, 0.25) is 11.8 Å². The lowest BCUT2D eigenvalue weighted by molar-refractivity contribution is -0.119. The van der Waals surface area contributed by atoms with Crippen LogP contribution in [-0.2, 0) is 16.1 Å². The van der Waals surface area contributed by atoms with E-state index in [2.05, 4.69) is 47.5 Å². The molecule has 3 aromatic rings. The average Bonchev–Trinajstić information content (AvgIpc) is 2.81. The van der Waals surface area contributed by atoms with E-state index >= 15 is 0 Å². The van der Waals surface area contributed by atoms with Crippen LogP contribution in [0.2, 0.25) is 0 Å². The summed E-state index contributed by atoms with van der Waals surface area (Å²) < 4.78 is 0. The van der Waals surface area contributed by atoms with E-state index in [0.717, 1.165) is 29.2 Å². The van der Waals surface area contributed by atoms with Crippen molar-refractivity contribution in [3.05, 3.63) is 90.0 Å². The van der Waals surface area contributed by atoms with Gasteiger partial charge in [-0.1, -0.05) is 60.7 Å². The van der Waals surface area contributed by atoms with E-state index in [1.165, 1.54) is 5.56 Å². The standard InChI is InChI=1S/C27H27N3O2/c1-19-17-30(27(32)16-21-15-26(31)28-23-12-6-5-11-22(21)23)25-14-8-7-13-24(25)29(19)18-20-9-3-2-4-10-20/h2-14,19,21H,15-18H2,1H3,(H,28,31). The summed E-state index contributed by atoms with van der Waals surface area (Å²) in [6.45, 7) is 3.60. The van der Waals surface area contributed by atoms with E-state index < -0.39 is 0 Å². The number of para-hydroxylation sites is 3. The second kappa shape index (κ2) is 8.50. The van der Waals surface area contributed by atoms with Gasteiger partial charge in [0.05, 0.1) is 11.4 Å². The monoisotopic (exact) mass is 425 g/mol. The summed E-state index contributed by atoms with van der Waals surface area (Å²) in [6.07, 6.45) is 0.665. The van der Waals surface area contributed by atoms with Crippen molar-refractivity contribution in [3.63, 3.8) is 0 Å². The Balaban J connectivity index is 1.41. The normalized spacial score (nSPS) is 19.7. The minimum absolute atomic E-state index is 0.0250. The smallest absolute Gasteiger partial charge is 0.227 e. The predicted octanol–water partition coefficient (Wildman–Crippen LogP) is 4.94. The molecule has 0 spiro atoms. The molecular formula is C27H27N3O2. The molecule has 0 saturated heterocycles. The van der Waals surface area contributed by atoms with Crippen molar-refractivity contribution in [2.75, 3.05) is 21.7 Å². The first-order chi connectivity index (χ1) is 15.6. The van der Waals surface area contributed by atoms with Crippen molar-refractivity contribution in [2.24, 2.45) is 0 Å². The van der Waals surface area contributed by atoms with Gasteiger partial charge in [-0.25, -0.2) is 0 Å². The zero-order valence-electron chi connectivity index (χ0n) is 18.2. The number of amides is 2. The molecule has 5 heteroatoms. The molecule has 0 fully saturated rings. The molecule has 0 bridgehead atoms. The SMILES string of the molecule is CC1CN(C(=O)CC2CC(=O)Nc3ccccc32)c2ccccc2N1Cc1ccccc1. The second-order valence-electron chi connectivity index (χ2n) is 8.70. The van der Waals surface area contributed by atoms with Crippen LogP contribution in [0.15, 0.2) is 78.9 Å². The van der Waals surface area contributed by atoms with Crippen LogP contribution >= 0.6 is 0 Å². The highest BCUT2D eigenvalue weighted by atomic mass is 16.2. The third kappa shape index (κ3) is 3.86. The molecule has 32 heavy (non-hydrogen) atoms. The minimum Gasteiger partial charge on any atom is -0.361 e. The number of benzene rings is 3. The predicted molar refractivity (Wildman–Crippen MR) is 128 cm³/mol. The molecule has 2 heterocycles. The Morgan fingerprint density at radius 2 is 1.62 bits per heavy atom. The molecule has 5 nitrogen and oxygen atoms in total. The van der Waals surface area contributed by atoms with Crippen molar-refractivity contribution in [1.82, 2.24) is 0 Å². The summed E-state index contributed by atoms with van der Waals surface area (Å²) >= 11 is 0. The third-order valence-corrected chi connectivity index (χ3v) is 6.49. The Kier molecular flexibility index (Phi) is 5.39. The highest BCUT2D eigenvalue weighted by molar-refractivity contribution is 6.00. The molecule has 1 N–H and O–H groups in total. The Hall–Kier alpha value is -3.60. The quantitative estimate of drug-likeness (QED) is 0.644. The molecule has 2 unspecified atom stereocenters. The number of carbonyl (C=O) groups is 2. The van der Waals surface area contributed by atoms with Gasteiger partial charge in [-0.15, -0.1) is 0 Å². The number of fused-ring (bicyclic) bond motifs is 2. The van der Waals surface area contributed by atoms with E-state index in [1.807, 2.05) is 53.4 Å². The number of rotatable bonds is 4.